The van der Waals surface area contributed by atoms with Crippen LogP contribution in [-0.4, -0.2) is 42.6 Å². The van der Waals surface area contributed by atoms with Gasteiger partial charge in [0.25, 0.3) is 5.91 Å². The fourth-order valence-corrected chi connectivity index (χ4v) is 1.39. The van der Waals surface area contributed by atoms with Gasteiger partial charge in [0.1, 0.15) is 12.3 Å². The maximum absolute atomic E-state index is 12.0. The van der Waals surface area contributed by atoms with Crippen molar-refractivity contribution in [3.63, 3.8) is 0 Å². The Morgan fingerprint density at radius 1 is 1.41 bits per heavy atom. The van der Waals surface area contributed by atoms with Crippen LogP contribution in [-0.2, 0) is 9.53 Å². The highest BCUT2D eigenvalue weighted by molar-refractivity contribution is 5.97. The molecule has 0 saturated carbocycles. The molecule has 0 aromatic heterocycles. The number of hydrogen-bond acceptors (Lipinski definition) is 4. The third kappa shape index (κ3) is 2.96. The van der Waals surface area contributed by atoms with Gasteiger partial charge in [0.2, 0.25) is 0 Å². The number of ether oxygens (including phenoxy) is 1. The molecule has 0 bridgehead atoms. The van der Waals surface area contributed by atoms with Crippen LogP contribution >= 0.6 is 0 Å². The number of esters is 1. The minimum Gasteiger partial charge on any atom is -0.508 e. The van der Waals surface area contributed by atoms with E-state index in [1.54, 1.807) is 19.1 Å². The molecule has 1 N–H and O–H groups in total. The van der Waals surface area contributed by atoms with Crippen molar-refractivity contribution in [2.45, 2.75) is 6.92 Å². The van der Waals surface area contributed by atoms with E-state index in [1.807, 2.05) is 0 Å². The van der Waals surface area contributed by atoms with Crippen molar-refractivity contribution >= 4 is 11.9 Å². The Hall–Kier alpha value is -2.04. The van der Waals surface area contributed by atoms with E-state index >= 15 is 0 Å². The van der Waals surface area contributed by atoms with Crippen molar-refractivity contribution in [1.82, 2.24) is 4.90 Å². The fraction of sp³-hybridized carbons (Fsp3) is 0.333. The van der Waals surface area contributed by atoms with Crippen LogP contribution in [0.15, 0.2) is 18.2 Å². The van der Waals surface area contributed by atoms with Crippen molar-refractivity contribution in [2.75, 3.05) is 20.7 Å². The van der Waals surface area contributed by atoms with Crippen LogP contribution in [0.4, 0.5) is 0 Å². The highest BCUT2D eigenvalue weighted by atomic mass is 16.5. The quantitative estimate of drug-likeness (QED) is 0.795. The van der Waals surface area contributed by atoms with Crippen molar-refractivity contribution in [3.8, 4) is 5.75 Å². The fourth-order valence-electron chi connectivity index (χ4n) is 1.39. The Balaban J connectivity index is 2.89. The van der Waals surface area contributed by atoms with E-state index in [2.05, 4.69) is 4.74 Å². The Bertz CT molecular complexity index is 442. The molecule has 0 aliphatic rings. The van der Waals surface area contributed by atoms with E-state index in [4.69, 9.17) is 0 Å². The molecule has 1 amide bonds. The average molecular weight is 237 g/mol. The standard InChI is InChI=1S/C12H15NO4/c1-8-9(5-4-6-10(8)14)12(16)13(2)7-11(15)17-3/h4-6,14H,7H2,1-3H3. The second-order valence-electron chi connectivity index (χ2n) is 3.69. The summed E-state index contributed by atoms with van der Waals surface area (Å²) in [5, 5.41) is 9.50. The van der Waals surface area contributed by atoms with Crippen molar-refractivity contribution in [1.29, 1.82) is 0 Å². The Labute approximate surface area is 99.6 Å². The Kier molecular flexibility index (Phi) is 4.09. The van der Waals surface area contributed by atoms with Gasteiger partial charge in [0, 0.05) is 18.2 Å². The molecule has 1 aromatic carbocycles. The minimum absolute atomic E-state index is 0.0577. The zero-order valence-corrected chi connectivity index (χ0v) is 10.1. The third-order valence-corrected chi connectivity index (χ3v) is 2.48. The molecular weight excluding hydrogens is 222 g/mol. The smallest absolute Gasteiger partial charge is 0.325 e. The molecule has 0 fully saturated rings. The maximum Gasteiger partial charge on any atom is 0.325 e. The molecule has 0 aliphatic carbocycles. The second-order valence-corrected chi connectivity index (χ2v) is 3.69. The van der Waals surface area contributed by atoms with E-state index in [-0.39, 0.29) is 18.2 Å². The molecule has 92 valence electrons. The van der Waals surface area contributed by atoms with E-state index in [0.29, 0.717) is 11.1 Å². The summed E-state index contributed by atoms with van der Waals surface area (Å²) in [6, 6.07) is 4.69. The van der Waals surface area contributed by atoms with Gasteiger partial charge in [-0.15, -0.1) is 0 Å². The molecule has 0 unspecified atom stereocenters. The van der Waals surface area contributed by atoms with Gasteiger partial charge in [-0.25, -0.2) is 0 Å². The second kappa shape index (κ2) is 5.34. The number of amides is 1. The number of carbonyl (C=O) groups is 2. The Morgan fingerprint density at radius 2 is 2.06 bits per heavy atom. The molecule has 1 aromatic rings. The van der Waals surface area contributed by atoms with Crippen LogP contribution in [0.2, 0.25) is 0 Å². The number of hydrogen-bond donors (Lipinski definition) is 1. The predicted octanol–water partition coefficient (Wildman–Crippen LogP) is 0.946. The molecule has 0 atom stereocenters. The van der Waals surface area contributed by atoms with Gasteiger partial charge in [-0.05, 0) is 19.1 Å². The SMILES string of the molecule is COC(=O)CN(C)C(=O)c1cccc(O)c1C. The summed E-state index contributed by atoms with van der Waals surface area (Å²) < 4.78 is 4.48. The molecule has 0 heterocycles. The van der Waals surface area contributed by atoms with Crippen molar-refractivity contribution < 1.29 is 19.4 Å². The highest BCUT2D eigenvalue weighted by Gasteiger charge is 2.17. The van der Waals surface area contributed by atoms with Gasteiger partial charge in [-0.2, -0.15) is 0 Å². The summed E-state index contributed by atoms with van der Waals surface area (Å²) in [4.78, 5) is 24.3. The first-order valence-corrected chi connectivity index (χ1v) is 5.08. The van der Waals surface area contributed by atoms with E-state index in [0.717, 1.165) is 0 Å². The van der Waals surface area contributed by atoms with Crippen molar-refractivity contribution in [3.05, 3.63) is 29.3 Å². The number of benzene rings is 1. The van der Waals surface area contributed by atoms with Gasteiger partial charge < -0.3 is 14.7 Å². The minimum atomic E-state index is -0.487. The molecule has 0 aliphatic heterocycles. The van der Waals surface area contributed by atoms with Crippen LogP contribution in [0.1, 0.15) is 15.9 Å². The summed E-state index contributed by atoms with van der Waals surface area (Å²) >= 11 is 0. The average Bonchev–Trinajstić information content (AvgIpc) is 2.31. The zero-order chi connectivity index (χ0) is 13.0. The number of likely N-dealkylation sites (N-methyl/N-ethyl adjacent to an activating group) is 1. The number of rotatable bonds is 3. The number of aromatic hydroxyl groups is 1. The topological polar surface area (TPSA) is 66.8 Å². The van der Waals surface area contributed by atoms with Crippen LogP contribution in [0.25, 0.3) is 0 Å². The third-order valence-electron chi connectivity index (χ3n) is 2.48. The lowest BCUT2D eigenvalue weighted by Crippen LogP contribution is -2.33. The molecular formula is C12H15NO4. The van der Waals surface area contributed by atoms with E-state index in [1.165, 1.54) is 25.1 Å². The zero-order valence-electron chi connectivity index (χ0n) is 10.1. The molecule has 0 spiro atoms. The highest BCUT2D eigenvalue weighted by Crippen LogP contribution is 2.20. The number of methoxy groups -OCH3 is 1. The monoisotopic (exact) mass is 237 g/mol. The summed E-state index contributed by atoms with van der Waals surface area (Å²) in [6.45, 7) is 1.53. The van der Waals surface area contributed by atoms with Gasteiger partial charge in [0.05, 0.1) is 7.11 Å². The van der Waals surface area contributed by atoms with Crippen LogP contribution in [0, 0.1) is 6.92 Å². The number of phenolic OH excluding ortho intramolecular Hbond substituents is 1. The summed E-state index contributed by atoms with van der Waals surface area (Å²) in [7, 11) is 2.77. The van der Waals surface area contributed by atoms with Crippen LogP contribution < -0.4 is 0 Å². The maximum atomic E-state index is 12.0. The molecule has 17 heavy (non-hydrogen) atoms. The van der Waals surface area contributed by atoms with Gasteiger partial charge in [-0.3, -0.25) is 9.59 Å². The largest absolute Gasteiger partial charge is 0.508 e. The number of phenols is 1. The Morgan fingerprint density at radius 3 is 2.65 bits per heavy atom. The van der Waals surface area contributed by atoms with Gasteiger partial charge >= 0.3 is 5.97 Å². The first kappa shape index (κ1) is 13.0. The molecule has 0 radical (unpaired) electrons. The summed E-state index contributed by atoms with van der Waals surface area (Å²) in [5.74, 6) is -0.759. The predicted molar refractivity (Wildman–Crippen MR) is 61.8 cm³/mol. The molecule has 1 rings (SSSR count). The number of carbonyl (C=O) groups excluding carboxylic acids is 2. The first-order valence-electron chi connectivity index (χ1n) is 5.08. The summed E-state index contributed by atoms with van der Waals surface area (Å²) in [5.41, 5.74) is 0.866. The molecule has 5 heteroatoms. The lowest BCUT2D eigenvalue weighted by molar-refractivity contribution is -0.141. The van der Waals surface area contributed by atoms with Crippen LogP contribution in [0.3, 0.4) is 0 Å². The molecule has 0 saturated heterocycles. The van der Waals surface area contributed by atoms with E-state index < -0.39 is 5.97 Å². The summed E-state index contributed by atoms with van der Waals surface area (Å²) in [6.07, 6.45) is 0. The lowest BCUT2D eigenvalue weighted by Gasteiger charge is -2.17. The van der Waals surface area contributed by atoms with Crippen LogP contribution in [0.5, 0.6) is 5.75 Å². The first-order chi connectivity index (χ1) is 7.97. The normalized spacial score (nSPS) is 9.82. The lowest BCUT2D eigenvalue weighted by atomic mass is 10.1. The number of nitrogens with zero attached hydrogens (tertiary/aromatic N) is 1. The van der Waals surface area contributed by atoms with E-state index in [9.17, 15) is 14.7 Å². The van der Waals surface area contributed by atoms with Gasteiger partial charge in [0.15, 0.2) is 0 Å². The van der Waals surface area contributed by atoms with Gasteiger partial charge in [-0.1, -0.05) is 6.07 Å². The van der Waals surface area contributed by atoms with Crippen molar-refractivity contribution in [2.24, 2.45) is 0 Å². The molecule has 5 nitrogen and oxygen atoms in total.